The maximum Gasteiger partial charge on any atom is 1.00 e. The Bertz CT molecular complexity index is 304. The summed E-state index contributed by atoms with van der Waals surface area (Å²) in [7, 11) is -6.59. The van der Waals surface area contributed by atoms with Crippen LogP contribution in [0.5, 0.6) is 0 Å². The van der Waals surface area contributed by atoms with E-state index in [1.165, 1.54) is 0 Å². The Balaban J connectivity index is 0. The minimum atomic E-state index is -6.59. The zero-order valence-electron chi connectivity index (χ0n) is 7.81. The predicted molar refractivity (Wildman–Crippen MR) is 34.8 cm³/mol. The van der Waals surface area contributed by atoms with Crippen molar-refractivity contribution in [2.24, 2.45) is 0 Å². The van der Waals surface area contributed by atoms with E-state index >= 15 is 0 Å². The van der Waals surface area contributed by atoms with E-state index in [4.69, 9.17) is 0 Å². The monoisotopic (exact) mass is 280 g/mol. The van der Waals surface area contributed by atoms with Gasteiger partial charge in [0, 0.05) is 0 Å². The second kappa shape index (κ2) is 5.69. The number of rotatable bonds is 4. The van der Waals surface area contributed by atoms with Gasteiger partial charge in [-0.1, -0.05) is 6.92 Å². The van der Waals surface area contributed by atoms with Crippen molar-refractivity contribution < 1.29 is 86.3 Å². The third kappa shape index (κ3) is 3.58. The van der Waals surface area contributed by atoms with Gasteiger partial charge in [-0.15, -0.1) is 0 Å². The van der Waals surface area contributed by atoms with Gasteiger partial charge in [-0.2, -0.15) is 17.6 Å². The summed E-state index contributed by atoms with van der Waals surface area (Å²) in [5, 5.41) is -5.94. The van der Waals surface area contributed by atoms with Crippen LogP contribution in [0.2, 0.25) is 0 Å². The molecule has 0 bridgehead atoms. The van der Waals surface area contributed by atoms with Gasteiger partial charge in [-0.05, 0) is 6.42 Å². The van der Waals surface area contributed by atoms with Gasteiger partial charge in [0.25, 0.3) is 0 Å². The summed E-state index contributed by atoms with van der Waals surface area (Å²) < 4.78 is 90.9. The third-order valence-corrected chi connectivity index (χ3v) is 2.35. The first-order valence-electron chi connectivity index (χ1n) is 3.33. The van der Waals surface area contributed by atoms with Gasteiger partial charge in [0.2, 0.25) is 0 Å². The van der Waals surface area contributed by atoms with E-state index in [0.29, 0.717) is 0 Å². The fraction of sp³-hybridized carbons (Fsp3) is 1.00. The quantitative estimate of drug-likeness (QED) is 0.358. The summed E-state index contributed by atoms with van der Waals surface area (Å²) >= 11 is 0. The van der Waals surface area contributed by atoms with Crippen molar-refractivity contribution in [2.45, 2.75) is 30.7 Å². The second-order valence-electron chi connectivity index (χ2n) is 2.47. The smallest absolute Gasteiger partial charge is 0.743 e. The van der Waals surface area contributed by atoms with Crippen LogP contribution in [0, 0.1) is 0 Å². The molecule has 0 heterocycles. The molecule has 0 aromatic carbocycles. The van der Waals surface area contributed by atoms with E-state index in [0.717, 1.165) is 6.92 Å². The number of halogens is 5. The van der Waals surface area contributed by atoms with E-state index < -0.39 is 33.9 Å². The minimum absolute atomic E-state index is 0. The van der Waals surface area contributed by atoms with E-state index in [2.05, 4.69) is 0 Å². The van der Waals surface area contributed by atoms with Crippen molar-refractivity contribution in [3.8, 4) is 0 Å². The molecule has 0 saturated heterocycles. The van der Waals surface area contributed by atoms with Gasteiger partial charge in [-0.3, -0.25) is 0 Å². The minimum Gasteiger partial charge on any atom is -0.743 e. The topological polar surface area (TPSA) is 57.2 Å². The molecule has 0 aromatic heterocycles. The first-order chi connectivity index (χ1) is 5.98. The molecule has 0 aliphatic carbocycles. The second-order valence-corrected chi connectivity index (χ2v) is 3.89. The normalized spacial score (nSPS) is 15.7. The molecule has 0 amide bonds. The Kier molecular flexibility index (Phi) is 7.04. The maximum absolute atomic E-state index is 12.4. The summed E-state index contributed by atoms with van der Waals surface area (Å²) in [6.07, 6.45) is -4.42. The zero-order valence-corrected chi connectivity index (χ0v) is 11.7. The maximum atomic E-state index is 12.4. The number of hydrogen-bond acceptors (Lipinski definition) is 3. The van der Waals surface area contributed by atoms with Crippen LogP contribution in [0.15, 0.2) is 0 Å². The molecule has 0 aromatic rings. The van der Waals surface area contributed by atoms with E-state index in [9.17, 15) is 34.9 Å². The zero-order chi connectivity index (χ0) is 11.8. The van der Waals surface area contributed by atoms with Crippen LogP contribution in [0.4, 0.5) is 22.0 Å². The molecule has 0 fully saturated rings. The third-order valence-electron chi connectivity index (χ3n) is 1.45. The average molecular weight is 280 g/mol. The number of hydrogen-bond donors (Lipinski definition) is 0. The molecule has 0 saturated carbocycles. The standard InChI is InChI=1S/C5H7F5O3S.K/c1-2-3(6)4(7,8)5(9,10)14(11,12)13;/h3H,2H2,1H3,(H,11,12,13);/q;+1/p-1. The van der Waals surface area contributed by atoms with Crippen molar-refractivity contribution >= 4 is 10.1 Å². The van der Waals surface area contributed by atoms with Crippen LogP contribution in [0.3, 0.4) is 0 Å². The fourth-order valence-corrected chi connectivity index (χ4v) is 1.07. The Hall–Kier alpha value is 1.20. The molecule has 1 unspecified atom stereocenters. The first-order valence-corrected chi connectivity index (χ1v) is 4.74. The van der Waals surface area contributed by atoms with Crippen molar-refractivity contribution in [1.82, 2.24) is 0 Å². The summed E-state index contributed by atoms with van der Waals surface area (Å²) in [5.41, 5.74) is 0. The van der Waals surface area contributed by atoms with Crippen molar-refractivity contribution in [1.29, 1.82) is 0 Å². The Labute approximate surface area is 126 Å². The molecule has 0 radical (unpaired) electrons. The summed E-state index contributed by atoms with van der Waals surface area (Å²) in [6.45, 7) is 0.812. The molecule has 0 aliphatic heterocycles. The van der Waals surface area contributed by atoms with Gasteiger partial charge < -0.3 is 4.55 Å². The largest absolute Gasteiger partial charge is 1.00 e. The predicted octanol–water partition coefficient (Wildman–Crippen LogP) is -1.49. The summed E-state index contributed by atoms with van der Waals surface area (Å²) in [6, 6.07) is 0. The van der Waals surface area contributed by atoms with Crippen LogP contribution in [0.1, 0.15) is 13.3 Å². The Morgan fingerprint density at radius 1 is 1.27 bits per heavy atom. The Morgan fingerprint density at radius 2 is 1.60 bits per heavy atom. The van der Waals surface area contributed by atoms with Gasteiger partial charge >= 0.3 is 62.6 Å². The summed E-state index contributed by atoms with van der Waals surface area (Å²) in [5.74, 6) is -5.51. The SMILES string of the molecule is CCC(F)C(F)(F)C(F)(F)S(=O)(=O)[O-].[K+]. The molecular formula is C5H6F5KO3S. The molecule has 3 nitrogen and oxygen atoms in total. The van der Waals surface area contributed by atoms with Crippen molar-refractivity contribution in [2.75, 3.05) is 0 Å². The molecule has 15 heavy (non-hydrogen) atoms. The van der Waals surface area contributed by atoms with Crippen LogP contribution < -0.4 is 51.4 Å². The first kappa shape index (κ1) is 18.6. The van der Waals surface area contributed by atoms with E-state index in [1.807, 2.05) is 0 Å². The van der Waals surface area contributed by atoms with Crippen LogP contribution >= 0.6 is 0 Å². The molecule has 0 N–H and O–H groups in total. The molecule has 0 rings (SSSR count). The fourth-order valence-electron chi connectivity index (χ4n) is 0.605. The van der Waals surface area contributed by atoms with Crippen molar-refractivity contribution in [3.63, 3.8) is 0 Å². The molecule has 1 atom stereocenters. The van der Waals surface area contributed by atoms with E-state index in [-0.39, 0.29) is 51.4 Å². The van der Waals surface area contributed by atoms with Crippen LogP contribution in [-0.2, 0) is 10.1 Å². The molecule has 0 spiro atoms. The van der Waals surface area contributed by atoms with Crippen molar-refractivity contribution in [3.05, 3.63) is 0 Å². The van der Waals surface area contributed by atoms with Gasteiger partial charge in [0.1, 0.15) is 0 Å². The summed E-state index contributed by atoms with van der Waals surface area (Å²) in [4.78, 5) is 0. The number of alkyl halides is 5. The van der Waals surface area contributed by atoms with Gasteiger partial charge in [-0.25, -0.2) is 12.8 Å². The van der Waals surface area contributed by atoms with Crippen LogP contribution in [0.25, 0.3) is 0 Å². The Morgan fingerprint density at radius 3 is 1.80 bits per heavy atom. The molecule has 0 aliphatic rings. The van der Waals surface area contributed by atoms with Gasteiger partial charge in [0.05, 0.1) is 0 Å². The molecule has 86 valence electrons. The van der Waals surface area contributed by atoms with Crippen LogP contribution in [-0.4, -0.2) is 30.3 Å². The van der Waals surface area contributed by atoms with E-state index in [1.54, 1.807) is 0 Å². The molecular weight excluding hydrogens is 274 g/mol. The van der Waals surface area contributed by atoms with Gasteiger partial charge in [0.15, 0.2) is 16.3 Å². The average Bonchev–Trinajstić information content (AvgIpc) is 2.00. The molecule has 10 heteroatoms.